The first kappa shape index (κ1) is 12.0. The highest BCUT2D eigenvalue weighted by atomic mass is 19.4. The predicted octanol–water partition coefficient (Wildman–Crippen LogP) is 1.41. The molecule has 0 saturated heterocycles. The predicted molar refractivity (Wildman–Crippen MR) is 50.3 cm³/mol. The molecule has 0 aliphatic heterocycles. The Balaban J connectivity index is 2.76. The molecule has 2 N–H and O–H groups in total. The van der Waals surface area contributed by atoms with Crippen molar-refractivity contribution in [1.29, 1.82) is 0 Å². The summed E-state index contributed by atoms with van der Waals surface area (Å²) in [4.78, 5) is 0. The maximum Gasteiger partial charge on any atom is 0.404 e. The molecule has 15 heavy (non-hydrogen) atoms. The monoisotopic (exact) mass is 221 g/mol. The van der Waals surface area contributed by atoms with Gasteiger partial charge in [-0.05, 0) is 12.5 Å². The molecular formula is C9H14F3N3. The summed E-state index contributed by atoms with van der Waals surface area (Å²) in [5, 5.41) is 4.06. The van der Waals surface area contributed by atoms with Crippen molar-refractivity contribution < 1.29 is 13.2 Å². The van der Waals surface area contributed by atoms with Crippen molar-refractivity contribution in [3.8, 4) is 0 Å². The molecule has 0 aliphatic rings. The average molecular weight is 221 g/mol. The first-order valence-electron chi connectivity index (χ1n) is 4.68. The summed E-state index contributed by atoms with van der Waals surface area (Å²) in [6.07, 6.45) is -3.88. The number of alkyl halides is 3. The van der Waals surface area contributed by atoms with Crippen molar-refractivity contribution in [1.82, 2.24) is 9.78 Å². The molecule has 0 saturated carbocycles. The summed E-state index contributed by atoms with van der Waals surface area (Å²) in [5.74, 6) is 0. The molecule has 3 nitrogen and oxygen atoms in total. The van der Waals surface area contributed by atoms with Crippen LogP contribution in [0.4, 0.5) is 13.2 Å². The molecule has 1 atom stereocenters. The number of aromatic nitrogens is 2. The lowest BCUT2D eigenvalue weighted by atomic mass is 10.1. The first-order valence-corrected chi connectivity index (χ1v) is 4.68. The van der Waals surface area contributed by atoms with Crippen LogP contribution in [0.5, 0.6) is 0 Å². The Bertz CT molecular complexity index is 330. The third kappa shape index (κ3) is 2.95. The van der Waals surface area contributed by atoms with Gasteiger partial charge in [0.15, 0.2) is 0 Å². The van der Waals surface area contributed by atoms with Crippen LogP contribution in [-0.2, 0) is 19.9 Å². The molecule has 1 unspecified atom stereocenters. The molecule has 0 amide bonds. The minimum absolute atomic E-state index is 0.229. The Labute approximate surface area is 86.1 Å². The van der Waals surface area contributed by atoms with Crippen LogP contribution in [0.15, 0.2) is 6.07 Å². The van der Waals surface area contributed by atoms with Crippen molar-refractivity contribution in [3.63, 3.8) is 0 Å². The van der Waals surface area contributed by atoms with Crippen LogP contribution in [0.2, 0.25) is 0 Å². The molecule has 86 valence electrons. The standard InChI is InChI=1S/C9H14F3N3/c1-3-6-4-7(15(2)14-6)5-8(13)9(10,11)12/h4,8H,3,5,13H2,1-2H3. The summed E-state index contributed by atoms with van der Waals surface area (Å²) >= 11 is 0. The first-order chi connectivity index (χ1) is 6.84. The number of nitrogens with zero attached hydrogens (tertiary/aromatic N) is 2. The van der Waals surface area contributed by atoms with Crippen LogP contribution in [0.25, 0.3) is 0 Å². The third-order valence-electron chi connectivity index (χ3n) is 2.24. The Morgan fingerprint density at radius 1 is 1.53 bits per heavy atom. The molecule has 0 bridgehead atoms. The van der Waals surface area contributed by atoms with Gasteiger partial charge in [-0.2, -0.15) is 18.3 Å². The van der Waals surface area contributed by atoms with Crippen LogP contribution < -0.4 is 5.73 Å². The van der Waals surface area contributed by atoms with Gasteiger partial charge < -0.3 is 5.73 Å². The van der Waals surface area contributed by atoms with E-state index in [-0.39, 0.29) is 6.42 Å². The van der Waals surface area contributed by atoms with Crippen LogP contribution >= 0.6 is 0 Å². The lowest BCUT2D eigenvalue weighted by Crippen LogP contribution is -2.39. The fourth-order valence-electron chi connectivity index (χ4n) is 1.28. The maximum atomic E-state index is 12.2. The van der Waals surface area contributed by atoms with Gasteiger partial charge >= 0.3 is 6.18 Å². The minimum atomic E-state index is -4.35. The van der Waals surface area contributed by atoms with Gasteiger partial charge in [0.2, 0.25) is 0 Å². The Morgan fingerprint density at radius 2 is 2.13 bits per heavy atom. The van der Waals surface area contributed by atoms with Crippen molar-refractivity contribution >= 4 is 0 Å². The van der Waals surface area contributed by atoms with Gasteiger partial charge in [0, 0.05) is 19.2 Å². The topological polar surface area (TPSA) is 43.8 Å². The Kier molecular flexibility index (Phi) is 3.38. The smallest absolute Gasteiger partial charge is 0.320 e. The zero-order chi connectivity index (χ0) is 11.6. The second-order valence-electron chi connectivity index (χ2n) is 3.46. The summed E-state index contributed by atoms with van der Waals surface area (Å²) in [7, 11) is 1.62. The second-order valence-corrected chi connectivity index (χ2v) is 3.46. The quantitative estimate of drug-likeness (QED) is 0.838. The van der Waals surface area contributed by atoms with Gasteiger partial charge in [0.05, 0.1) is 5.69 Å². The van der Waals surface area contributed by atoms with Gasteiger partial charge in [-0.3, -0.25) is 4.68 Å². The van der Waals surface area contributed by atoms with E-state index in [9.17, 15) is 13.2 Å². The molecular weight excluding hydrogens is 207 g/mol. The van der Waals surface area contributed by atoms with Crippen molar-refractivity contribution in [3.05, 3.63) is 17.5 Å². The van der Waals surface area contributed by atoms with Crippen molar-refractivity contribution in [2.24, 2.45) is 12.8 Å². The van der Waals surface area contributed by atoms with Crippen LogP contribution in [0, 0.1) is 0 Å². The van der Waals surface area contributed by atoms with E-state index in [1.54, 1.807) is 13.1 Å². The van der Waals surface area contributed by atoms with E-state index in [0.717, 1.165) is 5.69 Å². The van der Waals surface area contributed by atoms with Crippen LogP contribution in [-0.4, -0.2) is 22.0 Å². The van der Waals surface area contributed by atoms with Crippen molar-refractivity contribution in [2.45, 2.75) is 32.0 Å². The van der Waals surface area contributed by atoms with E-state index >= 15 is 0 Å². The van der Waals surface area contributed by atoms with E-state index in [1.165, 1.54) is 4.68 Å². The summed E-state index contributed by atoms with van der Waals surface area (Å²) in [6, 6.07) is -0.163. The van der Waals surface area contributed by atoms with E-state index in [2.05, 4.69) is 5.10 Å². The van der Waals surface area contributed by atoms with Gasteiger partial charge in [-0.15, -0.1) is 0 Å². The van der Waals surface area contributed by atoms with Crippen LogP contribution in [0.1, 0.15) is 18.3 Å². The second kappa shape index (κ2) is 4.22. The Morgan fingerprint density at radius 3 is 2.53 bits per heavy atom. The molecule has 1 heterocycles. The largest absolute Gasteiger partial charge is 0.404 e. The highest BCUT2D eigenvalue weighted by Gasteiger charge is 2.37. The normalized spacial score (nSPS) is 14.3. The molecule has 0 aliphatic carbocycles. The van der Waals surface area contributed by atoms with Crippen molar-refractivity contribution in [2.75, 3.05) is 0 Å². The highest BCUT2D eigenvalue weighted by Crippen LogP contribution is 2.21. The number of nitrogens with two attached hydrogens (primary N) is 1. The number of hydrogen-bond donors (Lipinski definition) is 1. The fraction of sp³-hybridized carbons (Fsp3) is 0.667. The van der Waals surface area contributed by atoms with E-state index in [4.69, 9.17) is 5.73 Å². The average Bonchev–Trinajstić information content (AvgIpc) is 2.45. The number of halogens is 3. The van der Waals surface area contributed by atoms with Gasteiger partial charge in [-0.1, -0.05) is 6.92 Å². The molecule has 1 aromatic rings. The van der Waals surface area contributed by atoms with Gasteiger partial charge in [0.1, 0.15) is 6.04 Å². The summed E-state index contributed by atoms with van der Waals surface area (Å²) in [5.41, 5.74) is 6.33. The number of aryl methyl sites for hydroxylation is 2. The number of rotatable bonds is 3. The van der Waals surface area contributed by atoms with E-state index in [1.807, 2.05) is 6.92 Å². The van der Waals surface area contributed by atoms with Crippen LogP contribution in [0.3, 0.4) is 0 Å². The van der Waals surface area contributed by atoms with E-state index < -0.39 is 12.2 Å². The molecule has 1 aromatic heterocycles. The lowest BCUT2D eigenvalue weighted by Gasteiger charge is -2.14. The van der Waals surface area contributed by atoms with Gasteiger partial charge in [-0.25, -0.2) is 0 Å². The molecule has 0 fully saturated rings. The molecule has 0 radical (unpaired) electrons. The molecule has 0 aromatic carbocycles. The van der Waals surface area contributed by atoms with E-state index in [0.29, 0.717) is 12.1 Å². The van der Waals surface area contributed by atoms with Gasteiger partial charge in [0.25, 0.3) is 0 Å². The number of hydrogen-bond acceptors (Lipinski definition) is 2. The third-order valence-corrected chi connectivity index (χ3v) is 2.24. The summed E-state index contributed by atoms with van der Waals surface area (Å²) in [6.45, 7) is 1.90. The highest BCUT2D eigenvalue weighted by molar-refractivity contribution is 5.11. The molecule has 6 heteroatoms. The Hall–Kier alpha value is -1.04. The SMILES string of the molecule is CCc1cc(CC(N)C(F)(F)F)n(C)n1. The zero-order valence-electron chi connectivity index (χ0n) is 8.67. The summed E-state index contributed by atoms with van der Waals surface area (Å²) < 4.78 is 38.1. The maximum absolute atomic E-state index is 12.2. The minimum Gasteiger partial charge on any atom is -0.320 e. The molecule has 0 spiro atoms. The lowest BCUT2D eigenvalue weighted by molar-refractivity contribution is -0.147. The fourth-order valence-corrected chi connectivity index (χ4v) is 1.28. The molecule has 1 rings (SSSR count). The zero-order valence-corrected chi connectivity index (χ0v) is 8.67.